The Kier molecular flexibility index (Phi) is 5.02. The van der Waals surface area contributed by atoms with Gasteiger partial charge in [-0.3, -0.25) is 0 Å². The van der Waals surface area contributed by atoms with E-state index in [2.05, 4.69) is 4.98 Å². The Hall–Kier alpha value is -1.01. The predicted molar refractivity (Wildman–Crippen MR) is 63.5 cm³/mol. The van der Waals surface area contributed by atoms with Gasteiger partial charge in [0.05, 0.1) is 0 Å². The third kappa shape index (κ3) is 3.47. The molecule has 0 bridgehead atoms. The van der Waals surface area contributed by atoms with E-state index in [9.17, 15) is 12.8 Å². The molecular weight excluding hydrogens is 243 g/mol. The van der Waals surface area contributed by atoms with Crippen molar-refractivity contribution >= 4 is 10.0 Å². The summed E-state index contributed by atoms with van der Waals surface area (Å²) in [7, 11) is -2.36. The normalized spacial score (nSPS) is 12.0. The monoisotopic (exact) mass is 260 g/mol. The topological polar surface area (TPSA) is 50.3 Å². The molecule has 1 aromatic heterocycles. The van der Waals surface area contributed by atoms with Gasteiger partial charge in [-0.15, -0.1) is 0 Å². The van der Waals surface area contributed by atoms with Gasteiger partial charge in [0, 0.05) is 19.8 Å². The summed E-state index contributed by atoms with van der Waals surface area (Å²) < 4.78 is 38.5. The molecule has 0 N–H and O–H groups in total. The molecule has 0 fully saturated rings. The van der Waals surface area contributed by atoms with E-state index in [4.69, 9.17) is 0 Å². The molecular formula is C11H17FN2O2S. The van der Waals surface area contributed by atoms with Crippen LogP contribution in [0.4, 0.5) is 4.39 Å². The fourth-order valence-corrected chi connectivity index (χ4v) is 2.59. The number of rotatable bonds is 6. The fourth-order valence-electron chi connectivity index (χ4n) is 1.41. The fraction of sp³-hybridized carbons (Fsp3) is 0.545. The number of halogens is 1. The van der Waals surface area contributed by atoms with Crippen molar-refractivity contribution < 1.29 is 12.8 Å². The second-order valence-corrected chi connectivity index (χ2v) is 5.78. The van der Waals surface area contributed by atoms with Crippen LogP contribution >= 0.6 is 0 Å². The summed E-state index contributed by atoms with van der Waals surface area (Å²) in [6.07, 6.45) is 3.99. The molecule has 17 heavy (non-hydrogen) atoms. The quantitative estimate of drug-likeness (QED) is 0.735. The molecule has 1 rings (SSSR count). The van der Waals surface area contributed by atoms with Crippen LogP contribution in [-0.2, 0) is 10.0 Å². The van der Waals surface area contributed by atoms with Gasteiger partial charge in [0.1, 0.15) is 0 Å². The zero-order valence-electron chi connectivity index (χ0n) is 10.1. The first kappa shape index (κ1) is 14.1. The number of hydrogen-bond acceptors (Lipinski definition) is 3. The number of pyridine rings is 1. The van der Waals surface area contributed by atoms with Crippen LogP contribution in [0.15, 0.2) is 23.4 Å². The van der Waals surface area contributed by atoms with Crippen molar-refractivity contribution in [2.45, 2.75) is 31.2 Å². The molecule has 0 aliphatic carbocycles. The van der Waals surface area contributed by atoms with Crippen molar-refractivity contribution in [3.63, 3.8) is 0 Å². The SMILES string of the molecule is CCCCCN(C)S(=O)(=O)c1ncccc1F. The largest absolute Gasteiger partial charge is 0.263 e. The number of nitrogens with zero attached hydrogens (tertiary/aromatic N) is 2. The third-order valence-corrected chi connectivity index (χ3v) is 4.25. The molecule has 0 atom stereocenters. The van der Waals surface area contributed by atoms with Crippen LogP contribution in [0.2, 0.25) is 0 Å². The van der Waals surface area contributed by atoms with Gasteiger partial charge in [-0.2, -0.15) is 4.31 Å². The standard InChI is InChI=1S/C11H17FN2O2S/c1-3-4-5-9-14(2)17(15,16)11-10(12)7-6-8-13-11/h6-8H,3-5,9H2,1-2H3. The highest BCUT2D eigenvalue weighted by Gasteiger charge is 2.25. The van der Waals surface area contributed by atoms with E-state index in [0.717, 1.165) is 29.6 Å². The van der Waals surface area contributed by atoms with Gasteiger partial charge in [0.25, 0.3) is 10.0 Å². The van der Waals surface area contributed by atoms with Crippen molar-refractivity contribution in [3.05, 3.63) is 24.1 Å². The Labute approximate surface area is 102 Å². The zero-order chi connectivity index (χ0) is 12.9. The van der Waals surface area contributed by atoms with Gasteiger partial charge in [-0.25, -0.2) is 17.8 Å². The average Bonchev–Trinajstić information content (AvgIpc) is 2.29. The van der Waals surface area contributed by atoms with Crippen LogP contribution < -0.4 is 0 Å². The molecule has 0 aliphatic rings. The number of hydrogen-bond donors (Lipinski definition) is 0. The van der Waals surface area contributed by atoms with Gasteiger partial charge in [0.2, 0.25) is 5.03 Å². The Morgan fingerprint density at radius 2 is 2.12 bits per heavy atom. The maximum atomic E-state index is 13.4. The number of unbranched alkanes of at least 4 members (excludes halogenated alkanes) is 2. The minimum Gasteiger partial charge on any atom is -0.241 e. The summed E-state index contributed by atoms with van der Waals surface area (Å²) >= 11 is 0. The van der Waals surface area contributed by atoms with E-state index in [1.54, 1.807) is 0 Å². The van der Waals surface area contributed by atoms with Gasteiger partial charge in [-0.1, -0.05) is 19.8 Å². The summed E-state index contributed by atoms with van der Waals surface area (Å²) in [4.78, 5) is 3.59. The minimum atomic E-state index is -3.80. The van der Waals surface area contributed by atoms with Gasteiger partial charge in [-0.05, 0) is 18.6 Å². The van der Waals surface area contributed by atoms with Crippen molar-refractivity contribution in [2.75, 3.05) is 13.6 Å². The Balaban J connectivity index is 2.85. The van der Waals surface area contributed by atoms with Crippen LogP contribution in [0.25, 0.3) is 0 Å². The Bertz CT molecular complexity index is 462. The molecule has 0 aromatic carbocycles. The summed E-state index contributed by atoms with van der Waals surface area (Å²) in [5.74, 6) is -0.810. The van der Waals surface area contributed by atoms with Crippen LogP contribution in [0.5, 0.6) is 0 Å². The molecule has 0 radical (unpaired) electrons. The highest BCUT2D eigenvalue weighted by atomic mass is 32.2. The smallest absolute Gasteiger partial charge is 0.241 e. The molecule has 0 spiro atoms. The highest BCUT2D eigenvalue weighted by Crippen LogP contribution is 2.15. The predicted octanol–water partition coefficient (Wildman–Crippen LogP) is 2.03. The lowest BCUT2D eigenvalue weighted by Gasteiger charge is -2.16. The highest BCUT2D eigenvalue weighted by molar-refractivity contribution is 7.89. The van der Waals surface area contributed by atoms with Gasteiger partial charge >= 0.3 is 0 Å². The summed E-state index contributed by atoms with van der Waals surface area (Å²) in [6, 6.07) is 2.46. The molecule has 96 valence electrons. The van der Waals surface area contributed by atoms with Crippen LogP contribution in [0.3, 0.4) is 0 Å². The first-order chi connectivity index (χ1) is 8.00. The molecule has 1 aromatic rings. The molecule has 4 nitrogen and oxygen atoms in total. The summed E-state index contributed by atoms with van der Waals surface area (Å²) in [5, 5.41) is -0.501. The average molecular weight is 260 g/mol. The van der Waals surface area contributed by atoms with Crippen LogP contribution in [0.1, 0.15) is 26.2 Å². The van der Waals surface area contributed by atoms with Gasteiger partial charge < -0.3 is 0 Å². The van der Waals surface area contributed by atoms with E-state index in [-0.39, 0.29) is 0 Å². The Morgan fingerprint density at radius 1 is 1.41 bits per heavy atom. The minimum absolute atomic E-state index is 0.381. The van der Waals surface area contributed by atoms with Crippen molar-refractivity contribution in [1.82, 2.24) is 9.29 Å². The lowest BCUT2D eigenvalue weighted by Crippen LogP contribution is -2.29. The molecule has 1 heterocycles. The zero-order valence-corrected chi connectivity index (χ0v) is 10.9. The molecule has 0 aliphatic heterocycles. The first-order valence-corrected chi connectivity index (χ1v) is 7.01. The lowest BCUT2D eigenvalue weighted by atomic mass is 10.2. The second kappa shape index (κ2) is 6.07. The van der Waals surface area contributed by atoms with Crippen molar-refractivity contribution in [2.24, 2.45) is 0 Å². The lowest BCUT2D eigenvalue weighted by molar-refractivity contribution is 0.444. The van der Waals surface area contributed by atoms with Crippen LogP contribution in [0, 0.1) is 5.82 Å². The van der Waals surface area contributed by atoms with E-state index in [0.29, 0.717) is 6.54 Å². The Morgan fingerprint density at radius 3 is 2.71 bits per heavy atom. The summed E-state index contributed by atoms with van der Waals surface area (Å²) in [5.41, 5.74) is 0. The number of aromatic nitrogens is 1. The molecule has 0 unspecified atom stereocenters. The number of sulfonamides is 1. The van der Waals surface area contributed by atoms with E-state index in [1.807, 2.05) is 6.92 Å². The van der Waals surface area contributed by atoms with E-state index < -0.39 is 20.9 Å². The van der Waals surface area contributed by atoms with Crippen molar-refractivity contribution in [1.29, 1.82) is 0 Å². The van der Waals surface area contributed by atoms with Crippen molar-refractivity contribution in [3.8, 4) is 0 Å². The maximum Gasteiger partial charge on any atom is 0.263 e. The van der Waals surface area contributed by atoms with Gasteiger partial charge in [0.15, 0.2) is 5.82 Å². The second-order valence-electron chi connectivity index (χ2n) is 3.82. The van der Waals surface area contributed by atoms with E-state index in [1.165, 1.54) is 19.3 Å². The van der Waals surface area contributed by atoms with Crippen LogP contribution in [-0.4, -0.2) is 31.3 Å². The van der Waals surface area contributed by atoms with E-state index >= 15 is 0 Å². The first-order valence-electron chi connectivity index (χ1n) is 5.57. The summed E-state index contributed by atoms with van der Waals surface area (Å²) in [6.45, 7) is 2.42. The molecule has 0 amide bonds. The molecule has 0 saturated carbocycles. The maximum absolute atomic E-state index is 13.4. The third-order valence-electron chi connectivity index (χ3n) is 2.46. The molecule has 0 saturated heterocycles. The molecule has 6 heteroatoms.